The standard InChI is InChI=1S/C11H18N4/c1-2-9-3-5-15(6-4-9)11-8-13-10(12)7-14-11/h7-9H,2-6H2,1H3,(H2,12,13). The van der Waals surface area contributed by atoms with E-state index in [0.29, 0.717) is 5.82 Å². The van der Waals surface area contributed by atoms with Crippen molar-refractivity contribution in [1.29, 1.82) is 0 Å². The zero-order chi connectivity index (χ0) is 10.7. The molecular weight excluding hydrogens is 188 g/mol. The summed E-state index contributed by atoms with van der Waals surface area (Å²) in [5, 5.41) is 0. The molecule has 0 saturated carbocycles. The molecule has 1 aliphatic heterocycles. The van der Waals surface area contributed by atoms with Crippen LogP contribution >= 0.6 is 0 Å². The molecule has 2 N–H and O–H groups in total. The molecule has 1 saturated heterocycles. The molecule has 82 valence electrons. The zero-order valence-electron chi connectivity index (χ0n) is 9.19. The van der Waals surface area contributed by atoms with Gasteiger partial charge in [0.05, 0.1) is 12.4 Å². The van der Waals surface area contributed by atoms with Crippen molar-refractivity contribution in [3.63, 3.8) is 0 Å². The number of rotatable bonds is 2. The molecular formula is C11H18N4. The minimum atomic E-state index is 0.488. The van der Waals surface area contributed by atoms with Crippen LogP contribution in [-0.2, 0) is 0 Å². The summed E-state index contributed by atoms with van der Waals surface area (Å²) < 4.78 is 0. The van der Waals surface area contributed by atoms with Crippen LogP contribution in [0.1, 0.15) is 26.2 Å². The second-order valence-corrected chi connectivity index (χ2v) is 4.14. The highest BCUT2D eigenvalue weighted by atomic mass is 15.2. The van der Waals surface area contributed by atoms with Crippen molar-refractivity contribution in [3.8, 4) is 0 Å². The van der Waals surface area contributed by atoms with Gasteiger partial charge in [0.1, 0.15) is 11.6 Å². The van der Waals surface area contributed by atoms with Crippen molar-refractivity contribution in [2.75, 3.05) is 23.7 Å². The van der Waals surface area contributed by atoms with Gasteiger partial charge in [0.2, 0.25) is 0 Å². The molecule has 4 nitrogen and oxygen atoms in total. The Morgan fingerprint density at radius 3 is 2.60 bits per heavy atom. The highest BCUT2D eigenvalue weighted by molar-refractivity contribution is 5.39. The number of aromatic nitrogens is 2. The Bertz CT molecular complexity index is 301. The van der Waals surface area contributed by atoms with Gasteiger partial charge in [-0.05, 0) is 18.8 Å². The summed E-state index contributed by atoms with van der Waals surface area (Å²) in [5.41, 5.74) is 5.51. The maximum Gasteiger partial charge on any atom is 0.147 e. The lowest BCUT2D eigenvalue weighted by molar-refractivity contribution is 0.393. The monoisotopic (exact) mass is 206 g/mol. The Balaban J connectivity index is 1.98. The van der Waals surface area contributed by atoms with Crippen molar-refractivity contribution in [2.45, 2.75) is 26.2 Å². The molecule has 0 radical (unpaired) electrons. The molecule has 1 aromatic rings. The van der Waals surface area contributed by atoms with Gasteiger partial charge in [0.15, 0.2) is 0 Å². The Hall–Kier alpha value is -1.32. The summed E-state index contributed by atoms with van der Waals surface area (Å²) in [6.07, 6.45) is 7.22. The van der Waals surface area contributed by atoms with Crippen LogP contribution in [0.15, 0.2) is 12.4 Å². The van der Waals surface area contributed by atoms with Crippen LogP contribution < -0.4 is 10.6 Å². The largest absolute Gasteiger partial charge is 0.382 e. The van der Waals surface area contributed by atoms with Gasteiger partial charge in [-0.15, -0.1) is 0 Å². The Morgan fingerprint density at radius 2 is 2.07 bits per heavy atom. The fourth-order valence-corrected chi connectivity index (χ4v) is 2.06. The second kappa shape index (κ2) is 4.47. The van der Waals surface area contributed by atoms with E-state index >= 15 is 0 Å². The minimum Gasteiger partial charge on any atom is -0.382 e. The van der Waals surface area contributed by atoms with Crippen LogP contribution in [0.25, 0.3) is 0 Å². The van der Waals surface area contributed by atoms with Gasteiger partial charge in [-0.1, -0.05) is 13.3 Å². The molecule has 1 fully saturated rings. The minimum absolute atomic E-state index is 0.488. The average molecular weight is 206 g/mol. The zero-order valence-corrected chi connectivity index (χ0v) is 9.19. The van der Waals surface area contributed by atoms with Crippen LogP contribution in [0.2, 0.25) is 0 Å². The molecule has 1 aliphatic rings. The van der Waals surface area contributed by atoms with Gasteiger partial charge in [-0.3, -0.25) is 0 Å². The Labute approximate surface area is 90.5 Å². The number of nitrogens with zero attached hydrogens (tertiary/aromatic N) is 3. The van der Waals surface area contributed by atoms with E-state index in [1.807, 2.05) is 0 Å². The SMILES string of the molecule is CCC1CCN(c2cnc(N)cn2)CC1. The number of anilines is 2. The van der Waals surface area contributed by atoms with Gasteiger partial charge in [0, 0.05) is 13.1 Å². The molecule has 0 amide bonds. The summed E-state index contributed by atoms with van der Waals surface area (Å²) in [7, 11) is 0. The van der Waals surface area contributed by atoms with E-state index in [-0.39, 0.29) is 0 Å². The van der Waals surface area contributed by atoms with E-state index in [4.69, 9.17) is 5.73 Å². The number of nitrogen functional groups attached to an aromatic ring is 1. The fraction of sp³-hybridized carbons (Fsp3) is 0.636. The van der Waals surface area contributed by atoms with Gasteiger partial charge in [-0.25, -0.2) is 9.97 Å². The third-order valence-corrected chi connectivity index (χ3v) is 3.17. The first-order chi connectivity index (χ1) is 7.29. The summed E-state index contributed by atoms with van der Waals surface area (Å²) in [6, 6.07) is 0. The highest BCUT2D eigenvalue weighted by Gasteiger charge is 2.18. The number of piperidine rings is 1. The van der Waals surface area contributed by atoms with E-state index in [2.05, 4.69) is 21.8 Å². The van der Waals surface area contributed by atoms with E-state index in [1.165, 1.54) is 19.3 Å². The van der Waals surface area contributed by atoms with Crippen molar-refractivity contribution in [2.24, 2.45) is 5.92 Å². The van der Waals surface area contributed by atoms with Crippen LogP contribution in [0.5, 0.6) is 0 Å². The topological polar surface area (TPSA) is 55.0 Å². The van der Waals surface area contributed by atoms with E-state index < -0.39 is 0 Å². The lowest BCUT2D eigenvalue weighted by atomic mass is 9.94. The lowest BCUT2D eigenvalue weighted by Crippen LogP contribution is -2.34. The predicted octanol–water partition coefficient (Wildman–Crippen LogP) is 1.69. The summed E-state index contributed by atoms with van der Waals surface area (Å²) in [6.45, 7) is 4.46. The smallest absolute Gasteiger partial charge is 0.147 e. The summed E-state index contributed by atoms with van der Waals surface area (Å²) >= 11 is 0. The number of hydrogen-bond acceptors (Lipinski definition) is 4. The van der Waals surface area contributed by atoms with Gasteiger partial charge in [-0.2, -0.15) is 0 Å². The number of hydrogen-bond donors (Lipinski definition) is 1. The first kappa shape index (κ1) is 10.2. The number of nitrogens with two attached hydrogens (primary N) is 1. The molecule has 0 spiro atoms. The molecule has 0 atom stereocenters. The normalized spacial score (nSPS) is 18.1. The molecule has 2 heterocycles. The van der Waals surface area contributed by atoms with Crippen molar-refractivity contribution < 1.29 is 0 Å². The molecule has 15 heavy (non-hydrogen) atoms. The second-order valence-electron chi connectivity index (χ2n) is 4.14. The van der Waals surface area contributed by atoms with Crippen LogP contribution in [0, 0.1) is 5.92 Å². The van der Waals surface area contributed by atoms with Crippen molar-refractivity contribution in [1.82, 2.24) is 9.97 Å². The summed E-state index contributed by atoms with van der Waals surface area (Å²) in [4.78, 5) is 10.6. The van der Waals surface area contributed by atoms with Gasteiger partial charge < -0.3 is 10.6 Å². The molecule has 0 aromatic carbocycles. The molecule has 0 bridgehead atoms. The maximum atomic E-state index is 5.51. The first-order valence-electron chi connectivity index (χ1n) is 5.62. The molecule has 1 aromatic heterocycles. The van der Waals surface area contributed by atoms with Gasteiger partial charge >= 0.3 is 0 Å². The molecule has 0 aliphatic carbocycles. The third kappa shape index (κ3) is 2.37. The van der Waals surface area contributed by atoms with E-state index in [0.717, 1.165) is 24.8 Å². The molecule has 4 heteroatoms. The first-order valence-corrected chi connectivity index (χ1v) is 5.62. The molecule has 0 unspecified atom stereocenters. The predicted molar refractivity (Wildman–Crippen MR) is 61.7 cm³/mol. The molecule has 2 rings (SSSR count). The van der Waals surface area contributed by atoms with Gasteiger partial charge in [0.25, 0.3) is 0 Å². The quantitative estimate of drug-likeness (QED) is 0.800. The fourth-order valence-electron chi connectivity index (χ4n) is 2.06. The van der Waals surface area contributed by atoms with Crippen LogP contribution in [0.3, 0.4) is 0 Å². The van der Waals surface area contributed by atoms with Crippen LogP contribution in [-0.4, -0.2) is 23.1 Å². The Morgan fingerprint density at radius 1 is 1.33 bits per heavy atom. The van der Waals surface area contributed by atoms with Crippen molar-refractivity contribution >= 4 is 11.6 Å². The summed E-state index contributed by atoms with van der Waals surface area (Å²) in [5.74, 6) is 2.34. The average Bonchev–Trinajstić information content (AvgIpc) is 2.30. The Kier molecular flexibility index (Phi) is 3.04. The lowest BCUT2D eigenvalue weighted by Gasteiger charge is -2.32. The third-order valence-electron chi connectivity index (χ3n) is 3.17. The van der Waals surface area contributed by atoms with Crippen LogP contribution in [0.4, 0.5) is 11.6 Å². The highest BCUT2D eigenvalue weighted by Crippen LogP contribution is 2.23. The van der Waals surface area contributed by atoms with E-state index in [1.54, 1.807) is 12.4 Å². The van der Waals surface area contributed by atoms with E-state index in [9.17, 15) is 0 Å². The van der Waals surface area contributed by atoms with Crippen molar-refractivity contribution in [3.05, 3.63) is 12.4 Å². The maximum absolute atomic E-state index is 5.51.